The first-order chi connectivity index (χ1) is 10.0. The van der Waals surface area contributed by atoms with Gasteiger partial charge in [-0.2, -0.15) is 0 Å². The fourth-order valence-electron chi connectivity index (χ4n) is 2.18. The molecule has 0 spiro atoms. The Kier molecular flexibility index (Phi) is 4.64. The van der Waals surface area contributed by atoms with Crippen LogP contribution in [0.15, 0.2) is 29.4 Å². The molecular weight excluding hydrogens is 272 g/mol. The zero-order chi connectivity index (χ0) is 15.4. The van der Waals surface area contributed by atoms with E-state index in [1.54, 1.807) is 11.0 Å². The summed E-state index contributed by atoms with van der Waals surface area (Å²) in [6.45, 7) is 1.13. The number of nitrogens with two attached hydrogens (primary N) is 1. The topological polar surface area (TPSA) is 91.4 Å². The summed E-state index contributed by atoms with van der Waals surface area (Å²) in [7, 11) is 3.85. The van der Waals surface area contributed by atoms with Gasteiger partial charge in [-0.25, -0.2) is 0 Å². The maximum absolute atomic E-state index is 12.5. The quantitative estimate of drug-likeness (QED) is 0.363. The Morgan fingerprint density at radius 3 is 2.95 bits per heavy atom. The molecule has 0 radical (unpaired) electrons. The van der Waals surface area contributed by atoms with Gasteiger partial charge in [0.05, 0.1) is 13.2 Å². The van der Waals surface area contributed by atoms with Crippen LogP contribution >= 0.6 is 0 Å². The van der Waals surface area contributed by atoms with Gasteiger partial charge in [-0.05, 0) is 18.2 Å². The predicted octanol–water partition coefficient (Wildman–Crippen LogP) is 0.340. The van der Waals surface area contributed by atoms with Gasteiger partial charge in [0.25, 0.3) is 5.91 Å². The van der Waals surface area contributed by atoms with E-state index >= 15 is 0 Å². The molecule has 1 aliphatic heterocycles. The number of amidine groups is 1. The number of morpholine rings is 1. The van der Waals surface area contributed by atoms with E-state index < -0.39 is 6.10 Å². The van der Waals surface area contributed by atoms with Gasteiger partial charge in [0, 0.05) is 31.9 Å². The van der Waals surface area contributed by atoms with E-state index in [0.29, 0.717) is 18.7 Å². The average molecular weight is 292 g/mol. The maximum atomic E-state index is 12.5. The third-order valence-corrected chi connectivity index (χ3v) is 3.41. The highest BCUT2D eigenvalue weighted by Crippen LogP contribution is 2.16. The number of carbonyl (C=O) groups is 1. The molecule has 0 aromatic heterocycles. The van der Waals surface area contributed by atoms with Crippen LogP contribution in [0.3, 0.4) is 0 Å². The molecule has 0 saturated carbocycles. The number of anilines is 1. The summed E-state index contributed by atoms with van der Waals surface area (Å²) in [5, 5.41) is 11.6. The number of carbonyl (C=O) groups excluding carboxylic acids is 1. The van der Waals surface area contributed by atoms with Crippen molar-refractivity contribution in [3.63, 3.8) is 0 Å². The van der Waals surface area contributed by atoms with E-state index in [1.807, 2.05) is 37.2 Å². The predicted molar refractivity (Wildman–Crippen MR) is 79.8 cm³/mol. The molecule has 1 saturated heterocycles. The van der Waals surface area contributed by atoms with Crippen LogP contribution in [0.25, 0.3) is 0 Å². The first-order valence-corrected chi connectivity index (χ1v) is 6.68. The van der Waals surface area contributed by atoms with Crippen molar-refractivity contribution in [3.8, 4) is 0 Å². The number of rotatable bonds is 3. The van der Waals surface area contributed by atoms with E-state index in [-0.39, 0.29) is 18.3 Å². The lowest BCUT2D eigenvalue weighted by Gasteiger charge is -2.32. The summed E-state index contributed by atoms with van der Waals surface area (Å²) in [6, 6.07) is 7.42. The Labute approximate surface area is 123 Å². The molecule has 7 nitrogen and oxygen atoms in total. The first-order valence-electron chi connectivity index (χ1n) is 6.68. The SMILES string of the molecule is CN(C)c1cccc(C(=O)N2CCOC(C(N)=NO)C2)c1. The molecule has 2 rings (SSSR count). The van der Waals surface area contributed by atoms with Gasteiger partial charge in [-0.15, -0.1) is 0 Å². The smallest absolute Gasteiger partial charge is 0.254 e. The minimum absolute atomic E-state index is 0.0189. The van der Waals surface area contributed by atoms with E-state index in [2.05, 4.69) is 5.16 Å². The summed E-state index contributed by atoms with van der Waals surface area (Å²) in [5.74, 6) is -0.104. The second-order valence-corrected chi connectivity index (χ2v) is 5.08. The Morgan fingerprint density at radius 2 is 2.29 bits per heavy atom. The normalized spacial score (nSPS) is 19.4. The van der Waals surface area contributed by atoms with E-state index in [0.717, 1.165) is 5.69 Å². The Balaban J connectivity index is 2.14. The van der Waals surface area contributed by atoms with Crippen molar-refractivity contribution in [2.24, 2.45) is 10.9 Å². The van der Waals surface area contributed by atoms with Crippen LogP contribution in [0.2, 0.25) is 0 Å². The fraction of sp³-hybridized carbons (Fsp3) is 0.429. The molecule has 1 unspecified atom stereocenters. The second-order valence-electron chi connectivity index (χ2n) is 5.08. The second kappa shape index (κ2) is 6.45. The average Bonchev–Trinajstić information content (AvgIpc) is 2.53. The largest absolute Gasteiger partial charge is 0.409 e. The van der Waals surface area contributed by atoms with E-state index in [4.69, 9.17) is 15.7 Å². The van der Waals surface area contributed by atoms with Crippen LogP contribution in [-0.2, 0) is 4.74 Å². The number of nitrogens with zero attached hydrogens (tertiary/aromatic N) is 3. The van der Waals surface area contributed by atoms with Gasteiger partial charge >= 0.3 is 0 Å². The molecule has 1 fully saturated rings. The summed E-state index contributed by atoms with van der Waals surface area (Å²) >= 11 is 0. The number of oxime groups is 1. The number of ether oxygens (including phenoxy) is 1. The summed E-state index contributed by atoms with van der Waals surface area (Å²) in [6.07, 6.45) is -0.565. The number of benzene rings is 1. The molecular formula is C14H20N4O3. The third kappa shape index (κ3) is 3.43. The monoisotopic (exact) mass is 292 g/mol. The molecule has 1 amide bonds. The summed E-state index contributed by atoms with van der Waals surface area (Å²) in [5.41, 5.74) is 7.12. The summed E-state index contributed by atoms with van der Waals surface area (Å²) in [4.78, 5) is 16.1. The van der Waals surface area contributed by atoms with Gasteiger partial charge < -0.3 is 25.5 Å². The van der Waals surface area contributed by atoms with Crippen LogP contribution < -0.4 is 10.6 Å². The Bertz CT molecular complexity index is 545. The molecule has 0 aliphatic carbocycles. The van der Waals surface area contributed by atoms with Crippen LogP contribution in [0.5, 0.6) is 0 Å². The molecule has 1 atom stereocenters. The molecule has 0 bridgehead atoms. The zero-order valence-corrected chi connectivity index (χ0v) is 12.2. The molecule has 1 aromatic rings. The van der Waals surface area contributed by atoms with Crippen LogP contribution in [0, 0.1) is 0 Å². The Morgan fingerprint density at radius 1 is 1.52 bits per heavy atom. The van der Waals surface area contributed by atoms with Crippen LogP contribution in [0.1, 0.15) is 10.4 Å². The highest BCUT2D eigenvalue weighted by molar-refractivity contribution is 5.96. The van der Waals surface area contributed by atoms with Crippen LogP contribution in [-0.4, -0.2) is 61.7 Å². The highest BCUT2D eigenvalue weighted by atomic mass is 16.5. The van der Waals surface area contributed by atoms with Gasteiger partial charge in [0.15, 0.2) is 5.84 Å². The molecule has 114 valence electrons. The van der Waals surface area contributed by atoms with Crippen LogP contribution in [0.4, 0.5) is 5.69 Å². The Hall–Kier alpha value is -2.28. The first kappa shape index (κ1) is 15.1. The number of hydrogen-bond acceptors (Lipinski definition) is 5. The number of amides is 1. The van der Waals surface area contributed by atoms with E-state index in [9.17, 15) is 4.79 Å². The molecule has 1 heterocycles. The third-order valence-electron chi connectivity index (χ3n) is 3.41. The number of hydrogen-bond donors (Lipinski definition) is 2. The summed E-state index contributed by atoms with van der Waals surface area (Å²) < 4.78 is 5.39. The van der Waals surface area contributed by atoms with Crippen molar-refractivity contribution in [2.75, 3.05) is 38.7 Å². The highest BCUT2D eigenvalue weighted by Gasteiger charge is 2.27. The van der Waals surface area contributed by atoms with Gasteiger partial charge in [-0.1, -0.05) is 11.2 Å². The van der Waals surface area contributed by atoms with Gasteiger partial charge in [0.2, 0.25) is 0 Å². The van der Waals surface area contributed by atoms with Crippen molar-refractivity contribution >= 4 is 17.4 Å². The molecule has 1 aromatic carbocycles. The van der Waals surface area contributed by atoms with Gasteiger partial charge in [0.1, 0.15) is 6.10 Å². The standard InChI is InChI=1S/C14H20N4O3/c1-17(2)11-5-3-4-10(8-11)14(19)18-6-7-21-12(9-18)13(15)16-20/h3-5,8,12,20H,6-7,9H2,1-2H3,(H2,15,16). The lowest BCUT2D eigenvalue weighted by Crippen LogP contribution is -2.50. The maximum Gasteiger partial charge on any atom is 0.254 e. The van der Waals surface area contributed by atoms with Crippen molar-refractivity contribution in [1.82, 2.24) is 4.90 Å². The van der Waals surface area contributed by atoms with Gasteiger partial charge in [-0.3, -0.25) is 4.79 Å². The molecule has 21 heavy (non-hydrogen) atoms. The van der Waals surface area contributed by atoms with Crippen molar-refractivity contribution in [1.29, 1.82) is 0 Å². The van der Waals surface area contributed by atoms with E-state index in [1.165, 1.54) is 0 Å². The zero-order valence-electron chi connectivity index (χ0n) is 12.2. The fourth-order valence-corrected chi connectivity index (χ4v) is 2.18. The lowest BCUT2D eigenvalue weighted by atomic mass is 10.1. The van der Waals surface area contributed by atoms with Crippen molar-refractivity contribution in [3.05, 3.63) is 29.8 Å². The van der Waals surface area contributed by atoms with Crippen molar-refractivity contribution in [2.45, 2.75) is 6.10 Å². The molecule has 1 aliphatic rings. The minimum Gasteiger partial charge on any atom is -0.409 e. The molecule has 7 heteroatoms. The lowest BCUT2D eigenvalue weighted by molar-refractivity contribution is 0.00676. The van der Waals surface area contributed by atoms with Crippen molar-refractivity contribution < 1.29 is 14.7 Å². The minimum atomic E-state index is -0.565. The molecule has 3 N–H and O–H groups in total.